The van der Waals surface area contributed by atoms with Crippen molar-refractivity contribution in [1.29, 1.82) is 0 Å². The number of aromatic amines is 1. The number of rotatable bonds is 12. The predicted molar refractivity (Wildman–Crippen MR) is 143 cm³/mol. The van der Waals surface area contributed by atoms with Crippen molar-refractivity contribution < 1.29 is 23.8 Å². The number of ether oxygens (including phenoxy) is 3. The first-order chi connectivity index (χ1) is 18.0. The van der Waals surface area contributed by atoms with Crippen LogP contribution in [0, 0.1) is 0 Å². The van der Waals surface area contributed by atoms with Crippen molar-refractivity contribution in [1.82, 2.24) is 14.5 Å². The maximum absolute atomic E-state index is 13.1. The van der Waals surface area contributed by atoms with Crippen molar-refractivity contribution in [3.05, 3.63) is 54.0 Å². The number of hydrogen-bond acceptors (Lipinski definition) is 7. The summed E-state index contributed by atoms with van der Waals surface area (Å²) in [5, 5.41) is 8.02. The first kappa shape index (κ1) is 26.2. The molecule has 0 aliphatic heterocycles. The van der Waals surface area contributed by atoms with E-state index in [1.807, 2.05) is 42.0 Å². The zero-order chi connectivity index (χ0) is 26.4. The van der Waals surface area contributed by atoms with E-state index in [0.29, 0.717) is 36.3 Å². The number of anilines is 2. The Labute approximate surface area is 215 Å². The Bertz CT molecular complexity index is 1390. The first-order valence-corrected chi connectivity index (χ1v) is 12.2. The number of fused-ring (bicyclic) bond motifs is 2. The fourth-order valence-corrected chi connectivity index (χ4v) is 4.50. The highest BCUT2D eigenvalue weighted by molar-refractivity contribution is 6.11. The van der Waals surface area contributed by atoms with Crippen LogP contribution in [0.5, 0.6) is 0 Å². The molecule has 0 bridgehead atoms. The number of aryl methyl sites for hydroxylation is 2. The number of nitrogens with zero attached hydrogens (tertiary/aromatic N) is 2. The van der Waals surface area contributed by atoms with Crippen LogP contribution < -0.4 is 10.6 Å². The average molecular weight is 508 g/mol. The lowest BCUT2D eigenvalue weighted by Gasteiger charge is -2.14. The fraction of sp³-hybridized carbons (Fsp3) is 0.370. The standard InChI is InChI=1S/C27H33N5O5/c1-17(16-36-3)30-19-13-21-24(31-23(33)10-12-35-2)25(27(34)37-4)32(26(21)29-15-19)11-9-18-14-28-22-8-6-5-7-20(18)22/h5-8,13-15,17,28,30H,9-12,16H2,1-4H3,(H,31,33)/t17-/m0/s1. The molecule has 0 unspecified atom stereocenters. The lowest BCUT2D eigenvalue weighted by atomic mass is 10.1. The van der Waals surface area contributed by atoms with E-state index < -0.39 is 5.97 Å². The number of carbonyl (C=O) groups is 2. The molecule has 0 saturated carbocycles. The molecule has 1 atom stereocenters. The number of H-pyrrole nitrogens is 1. The van der Waals surface area contributed by atoms with Gasteiger partial charge in [0.25, 0.3) is 0 Å². The summed E-state index contributed by atoms with van der Waals surface area (Å²) in [7, 11) is 4.50. The van der Waals surface area contributed by atoms with Gasteiger partial charge in [0.2, 0.25) is 5.91 Å². The van der Waals surface area contributed by atoms with Crippen molar-refractivity contribution in [2.24, 2.45) is 0 Å². The summed E-state index contributed by atoms with van der Waals surface area (Å²) in [6.45, 7) is 3.22. The minimum absolute atomic E-state index is 0.0352. The van der Waals surface area contributed by atoms with Gasteiger partial charge < -0.3 is 34.4 Å². The number of nitrogens with one attached hydrogen (secondary N) is 3. The van der Waals surface area contributed by atoms with Gasteiger partial charge in [-0.25, -0.2) is 9.78 Å². The number of pyridine rings is 1. The van der Waals surface area contributed by atoms with E-state index in [1.54, 1.807) is 13.3 Å². The lowest BCUT2D eigenvalue weighted by Crippen LogP contribution is -2.20. The number of esters is 1. The molecular weight excluding hydrogens is 474 g/mol. The molecule has 10 heteroatoms. The van der Waals surface area contributed by atoms with Crippen molar-refractivity contribution in [3.8, 4) is 0 Å². The largest absolute Gasteiger partial charge is 0.464 e. The van der Waals surface area contributed by atoms with Gasteiger partial charge in [-0.05, 0) is 31.0 Å². The van der Waals surface area contributed by atoms with E-state index in [4.69, 9.17) is 19.2 Å². The predicted octanol–water partition coefficient (Wildman–Crippen LogP) is 3.97. The van der Waals surface area contributed by atoms with E-state index in [1.165, 1.54) is 14.2 Å². The second-order valence-corrected chi connectivity index (χ2v) is 8.86. The average Bonchev–Trinajstić information content (AvgIpc) is 3.44. The van der Waals surface area contributed by atoms with Gasteiger partial charge in [-0.3, -0.25) is 4.79 Å². The molecule has 0 radical (unpaired) electrons. The van der Waals surface area contributed by atoms with Crippen molar-refractivity contribution in [3.63, 3.8) is 0 Å². The first-order valence-electron chi connectivity index (χ1n) is 12.2. The maximum atomic E-state index is 13.1. The molecule has 3 aromatic heterocycles. The summed E-state index contributed by atoms with van der Waals surface area (Å²) < 4.78 is 17.2. The molecule has 0 aliphatic carbocycles. The highest BCUT2D eigenvalue weighted by atomic mass is 16.5. The van der Waals surface area contributed by atoms with E-state index in [9.17, 15) is 9.59 Å². The van der Waals surface area contributed by atoms with Gasteiger partial charge in [-0.15, -0.1) is 0 Å². The third-order valence-electron chi connectivity index (χ3n) is 6.18. The summed E-state index contributed by atoms with van der Waals surface area (Å²) in [5.41, 5.74) is 4.11. The second-order valence-electron chi connectivity index (χ2n) is 8.86. The zero-order valence-electron chi connectivity index (χ0n) is 21.6. The van der Waals surface area contributed by atoms with E-state index in [2.05, 4.69) is 21.7 Å². The number of aromatic nitrogens is 3. The maximum Gasteiger partial charge on any atom is 0.356 e. The Morgan fingerprint density at radius 3 is 2.70 bits per heavy atom. The number of methoxy groups -OCH3 is 3. The highest BCUT2D eigenvalue weighted by Gasteiger charge is 2.26. The smallest absolute Gasteiger partial charge is 0.356 e. The highest BCUT2D eigenvalue weighted by Crippen LogP contribution is 2.33. The van der Waals surface area contributed by atoms with Crippen LogP contribution in [0.15, 0.2) is 42.7 Å². The minimum Gasteiger partial charge on any atom is -0.464 e. The van der Waals surface area contributed by atoms with Gasteiger partial charge in [0.05, 0.1) is 44.3 Å². The molecule has 0 aliphatic rings. The molecule has 10 nitrogen and oxygen atoms in total. The summed E-state index contributed by atoms with van der Waals surface area (Å²) in [5.74, 6) is -0.824. The van der Waals surface area contributed by atoms with Gasteiger partial charge >= 0.3 is 5.97 Å². The molecule has 0 saturated heterocycles. The summed E-state index contributed by atoms with van der Waals surface area (Å²) in [6.07, 6.45) is 4.49. The molecule has 4 aromatic rings. The summed E-state index contributed by atoms with van der Waals surface area (Å²) in [4.78, 5) is 33.8. The van der Waals surface area contributed by atoms with Gasteiger partial charge in [0.1, 0.15) is 5.65 Å². The fourth-order valence-electron chi connectivity index (χ4n) is 4.50. The monoisotopic (exact) mass is 507 g/mol. The molecule has 196 valence electrons. The Balaban J connectivity index is 1.78. The van der Waals surface area contributed by atoms with Crippen molar-refractivity contribution in [2.75, 3.05) is 45.2 Å². The Morgan fingerprint density at radius 2 is 1.95 bits per heavy atom. The third kappa shape index (κ3) is 5.76. The molecule has 4 rings (SSSR count). The molecule has 1 amide bonds. The second kappa shape index (κ2) is 11.9. The van der Waals surface area contributed by atoms with Crippen LogP contribution in [0.4, 0.5) is 11.4 Å². The van der Waals surface area contributed by atoms with Crippen LogP contribution in [-0.4, -0.2) is 67.0 Å². The van der Waals surface area contributed by atoms with E-state index in [-0.39, 0.29) is 30.7 Å². The number of carbonyl (C=O) groups excluding carboxylic acids is 2. The summed E-state index contributed by atoms with van der Waals surface area (Å²) >= 11 is 0. The van der Waals surface area contributed by atoms with Crippen molar-refractivity contribution >= 4 is 45.2 Å². The molecule has 3 heterocycles. The minimum atomic E-state index is -0.554. The van der Waals surface area contributed by atoms with E-state index >= 15 is 0 Å². The topological polar surface area (TPSA) is 120 Å². The number of para-hydroxylation sites is 1. The number of amides is 1. The zero-order valence-corrected chi connectivity index (χ0v) is 21.6. The lowest BCUT2D eigenvalue weighted by molar-refractivity contribution is -0.117. The molecular formula is C27H33N5O5. The SMILES string of the molecule is COCCC(=O)Nc1c(C(=O)OC)n(CCc2c[nH]c3ccccc23)c2ncc(N[C@@H](C)COC)cc12. The van der Waals surface area contributed by atoms with Gasteiger partial charge in [-0.2, -0.15) is 0 Å². The third-order valence-corrected chi connectivity index (χ3v) is 6.18. The van der Waals surface area contributed by atoms with Crippen LogP contribution in [0.3, 0.4) is 0 Å². The quantitative estimate of drug-likeness (QED) is 0.248. The number of benzene rings is 1. The van der Waals surface area contributed by atoms with Crippen LogP contribution in [0.2, 0.25) is 0 Å². The van der Waals surface area contributed by atoms with Gasteiger partial charge in [0, 0.05) is 49.3 Å². The van der Waals surface area contributed by atoms with Crippen LogP contribution in [0.25, 0.3) is 21.9 Å². The van der Waals surface area contributed by atoms with E-state index in [0.717, 1.165) is 22.2 Å². The molecule has 1 aromatic carbocycles. The van der Waals surface area contributed by atoms with Crippen LogP contribution >= 0.6 is 0 Å². The van der Waals surface area contributed by atoms with Gasteiger partial charge in [-0.1, -0.05) is 18.2 Å². The molecule has 0 spiro atoms. The molecule has 3 N–H and O–H groups in total. The van der Waals surface area contributed by atoms with Crippen LogP contribution in [-0.2, 0) is 32.0 Å². The van der Waals surface area contributed by atoms with Gasteiger partial charge in [0.15, 0.2) is 5.69 Å². The Kier molecular flexibility index (Phi) is 8.42. The molecule has 37 heavy (non-hydrogen) atoms. The Morgan fingerprint density at radius 1 is 1.14 bits per heavy atom. The molecule has 0 fully saturated rings. The Hall–Kier alpha value is -3.89. The normalized spacial score (nSPS) is 12.1. The van der Waals surface area contributed by atoms with Crippen molar-refractivity contribution in [2.45, 2.75) is 32.4 Å². The summed E-state index contributed by atoms with van der Waals surface area (Å²) in [6, 6.07) is 9.99. The van der Waals surface area contributed by atoms with Crippen LogP contribution in [0.1, 0.15) is 29.4 Å². The number of hydrogen-bond donors (Lipinski definition) is 3.